The second-order valence-corrected chi connectivity index (χ2v) is 7.13. The summed E-state index contributed by atoms with van der Waals surface area (Å²) in [6.45, 7) is 1.98. The maximum Gasteiger partial charge on any atom is 0.255 e. The van der Waals surface area contributed by atoms with Gasteiger partial charge in [-0.25, -0.2) is 9.88 Å². The number of aromatic nitrogens is 1. The minimum atomic E-state index is -0.230. The van der Waals surface area contributed by atoms with Gasteiger partial charge in [-0.15, -0.1) is 0 Å². The number of anilines is 2. The average molecular weight is 365 g/mol. The van der Waals surface area contributed by atoms with E-state index in [9.17, 15) is 14.4 Å². The Hall–Kier alpha value is -3.06. The zero-order chi connectivity index (χ0) is 18.3. The molecule has 2 aromatic carbocycles. The van der Waals surface area contributed by atoms with E-state index in [1.807, 2.05) is 31.2 Å². The Bertz CT molecular complexity index is 1020. The molecule has 0 saturated carbocycles. The fourth-order valence-electron chi connectivity index (χ4n) is 2.78. The summed E-state index contributed by atoms with van der Waals surface area (Å²) in [6, 6.07) is 12.7. The molecule has 1 aromatic heterocycles. The van der Waals surface area contributed by atoms with Gasteiger partial charge in [0.15, 0.2) is 5.13 Å². The molecule has 6 nitrogen and oxygen atoms in total. The third-order valence-corrected chi connectivity index (χ3v) is 5.19. The highest BCUT2D eigenvalue weighted by Gasteiger charge is 2.32. The van der Waals surface area contributed by atoms with Gasteiger partial charge in [-0.05, 0) is 37.3 Å². The summed E-state index contributed by atoms with van der Waals surface area (Å²) >= 11 is 1.24. The third kappa shape index (κ3) is 2.97. The molecule has 130 valence electrons. The number of nitrogens with one attached hydrogen (secondary N) is 1. The maximum absolute atomic E-state index is 12.5. The summed E-state index contributed by atoms with van der Waals surface area (Å²) < 4.78 is 0.754. The van der Waals surface area contributed by atoms with Crippen LogP contribution in [0.15, 0.2) is 42.5 Å². The van der Waals surface area contributed by atoms with E-state index in [1.165, 1.54) is 11.3 Å². The van der Waals surface area contributed by atoms with Gasteiger partial charge in [0, 0.05) is 24.1 Å². The van der Waals surface area contributed by atoms with Gasteiger partial charge in [-0.2, -0.15) is 0 Å². The first-order valence-corrected chi connectivity index (χ1v) is 8.97. The summed E-state index contributed by atoms with van der Waals surface area (Å²) in [4.78, 5) is 41.7. The number of rotatable bonds is 3. The number of hydrogen-bond acceptors (Lipinski definition) is 5. The Morgan fingerprint density at radius 2 is 1.77 bits per heavy atom. The lowest BCUT2D eigenvalue weighted by atomic mass is 10.2. The van der Waals surface area contributed by atoms with Crippen molar-refractivity contribution in [2.75, 3.05) is 10.2 Å². The van der Waals surface area contributed by atoms with E-state index in [0.29, 0.717) is 16.2 Å². The van der Waals surface area contributed by atoms with Crippen molar-refractivity contribution in [1.29, 1.82) is 0 Å². The Balaban J connectivity index is 1.61. The number of thiazole rings is 1. The molecule has 0 unspecified atom stereocenters. The summed E-state index contributed by atoms with van der Waals surface area (Å²) in [5.41, 5.74) is 2.99. The summed E-state index contributed by atoms with van der Waals surface area (Å²) in [7, 11) is 0. The van der Waals surface area contributed by atoms with E-state index in [1.54, 1.807) is 18.2 Å². The molecule has 1 aliphatic rings. The minimum Gasteiger partial charge on any atom is -0.322 e. The van der Waals surface area contributed by atoms with Crippen molar-refractivity contribution < 1.29 is 14.4 Å². The van der Waals surface area contributed by atoms with Gasteiger partial charge in [0.2, 0.25) is 11.8 Å². The predicted molar refractivity (Wildman–Crippen MR) is 100 cm³/mol. The monoisotopic (exact) mass is 365 g/mol. The van der Waals surface area contributed by atoms with Gasteiger partial charge in [0.1, 0.15) is 0 Å². The molecule has 1 saturated heterocycles. The number of amides is 3. The number of fused-ring (bicyclic) bond motifs is 1. The van der Waals surface area contributed by atoms with Crippen LogP contribution >= 0.6 is 11.3 Å². The van der Waals surface area contributed by atoms with Crippen LogP contribution in [0.25, 0.3) is 10.2 Å². The van der Waals surface area contributed by atoms with E-state index in [-0.39, 0.29) is 30.6 Å². The second-order valence-electron chi connectivity index (χ2n) is 6.12. The molecular weight excluding hydrogens is 350 g/mol. The Morgan fingerprint density at radius 3 is 2.46 bits per heavy atom. The fraction of sp³-hybridized carbons (Fsp3) is 0.158. The van der Waals surface area contributed by atoms with Crippen LogP contribution in [0.4, 0.5) is 10.8 Å². The third-order valence-electron chi connectivity index (χ3n) is 4.19. The van der Waals surface area contributed by atoms with Gasteiger partial charge in [-0.3, -0.25) is 14.4 Å². The molecular formula is C19H15N3O3S. The second kappa shape index (κ2) is 6.34. The Kier molecular flexibility index (Phi) is 4.00. The quantitative estimate of drug-likeness (QED) is 0.721. The van der Waals surface area contributed by atoms with Crippen molar-refractivity contribution in [3.8, 4) is 0 Å². The standard InChI is InChI=1S/C19H15N3O3S/c1-11-2-5-13(6-3-11)20-18(25)12-4-7-14-15(10-12)26-19(21-14)22-16(23)8-9-17(22)24/h2-7,10H,8-9H2,1H3,(H,20,25). The zero-order valence-electron chi connectivity index (χ0n) is 14.0. The molecule has 1 fully saturated rings. The largest absolute Gasteiger partial charge is 0.322 e. The van der Waals surface area contributed by atoms with Gasteiger partial charge < -0.3 is 5.32 Å². The van der Waals surface area contributed by atoms with Crippen molar-refractivity contribution in [3.05, 3.63) is 53.6 Å². The zero-order valence-corrected chi connectivity index (χ0v) is 14.8. The minimum absolute atomic E-state index is 0.221. The van der Waals surface area contributed by atoms with Gasteiger partial charge >= 0.3 is 0 Å². The summed E-state index contributed by atoms with van der Waals surface area (Å²) in [6.07, 6.45) is 0.442. The molecule has 7 heteroatoms. The lowest BCUT2D eigenvalue weighted by molar-refractivity contribution is -0.121. The van der Waals surface area contributed by atoms with E-state index in [2.05, 4.69) is 10.3 Å². The molecule has 0 spiro atoms. The van der Waals surface area contributed by atoms with Crippen LogP contribution in [0, 0.1) is 6.92 Å². The first-order valence-electron chi connectivity index (χ1n) is 8.16. The van der Waals surface area contributed by atoms with Crippen molar-refractivity contribution in [2.45, 2.75) is 19.8 Å². The molecule has 0 atom stereocenters. The van der Waals surface area contributed by atoms with Gasteiger partial charge in [-0.1, -0.05) is 29.0 Å². The lowest BCUT2D eigenvalue weighted by Gasteiger charge is -2.07. The maximum atomic E-state index is 12.5. The van der Waals surface area contributed by atoms with E-state index >= 15 is 0 Å². The molecule has 4 rings (SSSR count). The summed E-state index contributed by atoms with van der Waals surface area (Å²) in [5, 5.41) is 3.22. The number of hydrogen-bond donors (Lipinski definition) is 1. The van der Waals surface area contributed by atoms with Crippen molar-refractivity contribution in [3.63, 3.8) is 0 Å². The number of carbonyl (C=O) groups excluding carboxylic acids is 3. The van der Waals surface area contributed by atoms with E-state index in [0.717, 1.165) is 20.9 Å². The highest BCUT2D eigenvalue weighted by atomic mass is 32.1. The number of nitrogens with zero attached hydrogens (tertiary/aromatic N) is 2. The number of carbonyl (C=O) groups is 3. The fourth-order valence-corrected chi connectivity index (χ4v) is 3.82. The van der Waals surface area contributed by atoms with Crippen LogP contribution in [0.5, 0.6) is 0 Å². The van der Waals surface area contributed by atoms with Crippen LogP contribution < -0.4 is 10.2 Å². The predicted octanol–water partition coefficient (Wildman–Crippen LogP) is 3.51. The van der Waals surface area contributed by atoms with Crippen LogP contribution in [-0.2, 0) is 9.59 Å². The number of aryl methyl sites for hydroxylation is 1. The summed E-state index contributed by atoms with van der Waals surface area (Å²) in [5.74, 6) is -0.684. The smallest absolute Gasteiger partial charge is 0.255 e. The molecule has 3 aromatic rings. The molecule has 0 radical (unpaired) electrons. The van der Waals surface area contributed by atoms with Crippen molar-refractivity contribution in [1.82, 2.24) is 4.98 Å². The molecule has 0 aliphatic carbocycles. The Labute approximate surface area is 153 Å². The van der Waals surface area contributed by atoms with Crippen molar-refractivity contribution in [2.24, 2.45) is 0 Å². The number of benzene rings is 2. The van der Waals surface area contributed by atoms with Crippen LogP contribution in [0.1, 0.15) is 28.8 Å². The number of imide groups is 1. The molecule has 1 aliphatic heterocycles. The van der Waals surface area contributed by atoms with Crippen molar-refractivity contribution >= 4 is 50.1 Å². The highest BCUT2D eigenvalue weighted by Crippen LogP contribution is 2.32. The normalized spacial score (nSPS) is 14.3. The molecule has 3 amide bonds. The molecule has 26 heavy (non-hydrogen) atoms. The first-order chi connectivity index (χ1) is 12.5. The topological polar surface area (TPSA) is 79.4 Å². The van der Waals surface area contributed by atoms with Gasteiger partial charge in [0.25, 0.3) is 5.91 Å². The van der Waals surface area contributed by atoms with Crippen LogP contribution in [0.2, 0.25) is 0 Å². The molecule has 0 bridgehead atoms. The highest BCUT2D eigenvalue weighted by molar-refractivity contribution is 7.22. The van der Waals surface area contributed by atoms with Crippen LogP contribution in [-0.4, -0.2) is 22.7 Å². The Morgan fingerprint density at radius 1 is 1.08 bits per heavy atom. The van der Waals surface area contributed by atoms with E-state index in [4.69, 9.17) is 0 Å². The van der Waals surface area contributed by atoms with Gasteiger partial charge in [0.05, 0.1) is 10.2 Å². The van der Waals surface area contributed by atoms with E-state index < -0.39 is 0 Å². The lowest BCUT2D eigenvalue weighted by Crippen LogP contribution is -2.28. The van der Waals surface area contributed by atoms with Crippen LogP contribution in [0.3, 0.4) is 0 Å². The molecule has 2 heterocycles. The first kappa shape index (κ1) is 16.4. The SMILES string of the molecule is Cc1ccc(NC(=O)c2ccc3nc(N4C(=O)CCC4=O)sc3c2)cc1. The average Bonchev–Trinajstić information content (AvgIpc) is 3.18. The molecule has 1 N–H and O–H groups in total.